The first-order valence-electron chi connectivity index (χ1n) is 5.51. The molecule has 5 nitrogen and oxygen atoms in total. The van der Waals surface area contributed by atoms with Crippen molar-refractivity contribution in [2.75, 3.05) is 12.8 Å². The van der Waals surface area contributed by atoms with Crippen LogP contribution in [0.3, 0.4) is 0 Å². The third kappa shape index (κ3) is 4.85. The molecule has 0 aliphatic heterocycles. The molecule has 18 heavy (non-hydrogen) atoms. The Morgan fingerprint density at radius 3 is 2.50 bits per heavy atom. The summed E-state index contributed by atoms with van der Waals surface area (Å²) < 4.78 is 24.5. The molecule has 0 amide bonds. The van der Waals surface area contributed by atoms with Crippen LogP contribution in [0.2, 0.25) is 0 Å². The van der Waals surface area contributed by atoms with E-state index in [1.807, 2.05) is 31.2 Å². The van der Waals surface area contributed by atoms with Crippen LogP contribution < -0.4 is 4.72 Å². The molecule has 0 spiro atoms. The highest BCUT2D eigenvalue weighted by molar-refractivity contribution is 7.88. The Morgan fingerprint density at radius 2 is 2.00 bits per heavy atom. The van der Waals surface area contributed by atoms with Crippen LogP contribution in [0.5, 0.6) is 0 Å². The zero-order chi connectivity index (χ0) is 13.8. The second kappa shape index (κ2) is 5.97. The molecule has 0 aromatic heterocycles. The molecule has 0 heterocycles. The Morgan fingerprint density at radius 1 is 1.39 bits per heavy atom. The first kappa shape index (κ1) is 14.7. The minimum Gasteiger partial charge on any atom is -0.481 e. The Hall–Kier alpha value is -1.40. The van der Waals surface area contributed by atoms with Gasteiger partial charge in [-0.2, -0.15) is 0 Å². The zero-order valence-corrected chi connectivity index (χ0v) is 11.2. The van der Waals surface area contributed by atoms with E-state index in [2.05, 4.69) is 4.72 Å². The number of sulfonamides is 1. The summed E-state index contributed by atoms with van der Waals surface area (Å²) in [5.41, 5.74) is 1.81. The van der Waals surface area contributed by atoms with Crippen molar-refractivity contribution in [2.24, 2.45) is 0 Å². The molecule has 0 radical (unpaired) electrons. The number of rotatable bonds is 6. The first-order valence-corrected chi connectivity index (χ1v) is 7.40. The van der Waals surface area contributed by atoms with Crippen molar-refractivity contribution in [2.45, 2.75) is 19.3 Å². The van der Waals surface area contributed by atoms with E-state index in [9.17, 15) is 13.2 Å². The Labute approximate surface area is 107 Å². The van der Waals surface area contributed by atoms with Gasteiger partial charge in [0, 0.05) is 12.5 Å². The minimum absolute atomic E-state index is 0.0932. The molecule has 1 unspecified atom stereocenters. The van der Waals surface area contributed by atoms with E-state index in [4.69, 9.17) is 5.11 Å². The quantitative estimate of drug-likeness (QED) is 0.811. The molecule has 1 aromatic carbocycles. The Kier molecular flexibility index (Phi) is 4.86. The van der Waals surface area contributed by atoms with Crippen molar-refractivity contribution in [1.82, 2.24) is 4.72 Å². The summed E-state index contributed by atoms with van der Waals surface area (Å²) in [6.07, 6.45) is 0.954. The van der Waals surface area contributed by atoms with E-state index in [1.54, 1.807) is 0 Å². The highest BCUT2D eigenvalue weighted by atomic mass is 32.2. The predicted molar refractivity (Wildman–Crippen MR) is 69.0 cm³/mol. The van der Waals surface area contributed by atoms with E-state index in [1.165, 1.54) is 0 Å². The fourth-order valence-electron chi connectivity index (χ4n) is 1.80. The van der Waals surface area contributed by atoms with Crippen LogP contribution in [0, 0.1) is 6.92 Å². The predicted octanol–water partition coefficient (Wildman–Crippen LogP) is 1.10. The maximum absolute atomic E-state index is 11.1. The smallest absolute Gasteiger partial charge is 0.304 e. The summed E-state index contributed by atoms with van der Waals surface area (Å²) in [6.45, 7) is 1.97. The van der Waals surface area contributed by atoms with Crippen LogP contribution in [0.15, 0.2) is 24.3 Å². The number of benzene rings is 1. The van der Waals surface area contributed by atoms with Crippen LogP contribution in [0.1, 0.15) is 23.5 Å². The van der Waals surface area contributed by atoms with E-state index in [0.717, 1.165) is 17.4 Å². The molecule has 1 atom stereocenters. The van der Waals surface area contributed by atoms with E-state index in [0.29, 0.717) is 0 Å². The van der Waals surface area contributed by atoms with Gasteiger partial charge in [-0.25, -0.2) is 13.1 Å². The maximum atomic E-state index is 11.1. The maximum Gasteiger partial charge on any atom is 0.304 e. The summed E-state index contributed by atoms with van der Waals surface area (Å²) in [5, 5.41) is 8.89. The van der Waals surface area contributed by atoms with Gasteiger partial charge < -0.3 is 5.11 Å². The summed E-state index contributed by atoms with van der Waals surface area (Å²) in [7, 11) is -3.32. The van der Waals surface area contributed by atoms with E-state index < -0.39 is 16.0 Å². The number of nitrogens with one attached hydrogen (secondary N) is 1. The normalized spacial score (nSPS) is 13.2. The van der Waals surface area contributed by atoms with Gasteiger partial charge in [0.25, 0.3) is 0 Å². The fourth-order valence-corrected chi connectivity index (χ4v) is 2.30. The van der Waals surface area contributed by atoms with E-state index in [-0.39, 0.29) is 18.9 Å². The lowest BCUT2D eigenvalue weighted by Gasteiger charge is -2.17. The largest absolute Gasteiger partial charge is 0.481 e. The number of hydrogen-bond donors (Lipinski definition) is 2. The van der Waals surface area contributed by atoms with Crippen LogP contribution in [0.4, 0.5) is 0 Å². The molecule has 100 valence electrons. The molecule has 0 aliphatic carbocycles. The molecule has 6 heteroatoms. The summed E-state index contributed by atoms with van der Waals surface area (Å²) in [6, 6.07) is 7.38. The Balaban J connectivity index is 2.91. The van der Waals surface area contributed by atoms with Crippen LogP contribution >= 0.6 is 0 Å². The average molecular weight is 271 g/mol. The van der Waals surface area contributed by atoms with Gasteiger partial charge in [-0.3, -0.25) is 4.79 Å². The number of hydrogen-bond acceptors (Lipinski definition) is 3. The monoisotopic (exact) mass is 271 g/mol. The van der Waals surface area contributed by atoms with Gasteiger partial charge >= 0.3 is 5.97 Å². The highest BCUT2D eigenvalue weighted by Gasteiger charge is 2.18. The summed E-state index contributed by atoms with van der Waals surface area (Å²) in [5.74, 6) is -1.31. The standard InChI is InChI=1S/C12H17NO4S/c1-9-5-3-4-6-11(9)10(7-12(14)15)8-13-18(2,16)17/h3-6,10,13H,7-8H2,1-2H3,(H,14,15). The van der Waals surface area contributed by atoms with Gasteiger partial charge in [0.1, 0.15) is 0 Å². The fraction of sp³-hybridized carbons (Fsp3) is 0.417. The molecule has 0 saturated heterocycles. The van der Waals surface area contributed by atoms with Crippen molar-refractivity contribution >= 4 is 16.0 Å². The van der Waals surface area contributed by atoms with Gasteiger partial charge in [-0.05, 0) is 18.1 Å². The Bertz CT molecular complexity index is 525. The number of aliphatic carboxylic acids is 1. The molecule has 0 bridgehead atoms. The van der Waals surface area contributed by atoms with Crippen LogP contribution in [-0.4, -0.2) is 32.3 Å². The first-order chi connectivity index (χ1) is 8.29. The molecule has 1 aromatic rings. The van der Waals surface area contributed by atoms with Crippen LogP contribution in [-0.2, 0) is 14.8 Å². The third-order valence-electron chi connectivity index (χ3n) is 2.64. The second-order valence-electron chi connectivity index (χ2n) is 4.27. The summed E-state index contributed by atoms with van der Waals surface area (Å²) in [4.78, 5) is 10.8. The van der Waals surface area contributed by atoms with Crippen molar-refractivity contribution in [3.05, 3.63) is 35.4 Å². The second-order valence-corrected chi connectivity index (χ2v) is 6.11. The van der Waals surface area contributed by atoms with Gasteiger partial charge in [-0.15, -0.1) is 0 Å². The summed E-state index contributed by atoms with van der Waals surface area (Å²) >= 11 is 0. The molecule has 0 aliphatic rings. The molecular formula is C12H17NO4S. The molecule has 1 rings (SSSR count). The molecule has 0 saturated carbocycles. The van der Waals surface area contributed by atoms with Crippen molar-refractivity contribution < 1.29 is 18.3 Å². The van der Waals surface area contributed by atoms with E-state index >= 15 is 0 Å². The topological polar surface area (TPSA) is 83.5 Å². The third-order valence-corrected chi connectivity index (χ3v) is 3.33. The SMILES string of the molecule is Cc1ccccc1C(CNS(C)(=O)=O)CC(=O)O. The van der Waals surface area contributed by atoms with Crippen molar-refractivity contribution in [3.63, 3.8) is 0 Å². The van der Waals surface area contributed by atoms with Gasteiger partial charge in [-0.1, -0.05) is 24.3 Å². The van der Waals surface area contributed by atoms with Crippen LogP contribution in [0.25, 0.3) is 0 Å². The number of aryl methyl sites for hydroxylation is 1. The van der Waals surface area contributed by atoms with Gasteiger partial charge in [0.15, 0.2) is 0 Å². The molecule has 2 N–H and O–H groups in total. The zero-order valence-electron chi connectivity index (χ0n) is 10.4. The lowest BCUT2D eigenvalue weighted by Crippen LogP contribution is -2.28. The molecular weight excluding hydrogens is 254 g/mol. The average Bonchev–Trinajstić information content (AvgIpc) is 2.23. The number of carboxylic acids is 1. The lowest BCUT2D eigenvalue weighted by atomic mass is 9.92. The number of carbonyl (C=O) groups is 1. The van der Waals surface area contributed by atoms with Crippen molar-refractivity contribution in [3.8, 4) is 0 Å². The molecule has 0 fully saturated rings. The minimum atomic E-state index is -3.32. The van der Waals surface area contributed by atoms with Crippen molar-refractivity contribution in [1.29, 1.82) is 0 Å². The number of carboxylic acid groups (broad SMARTS) is 1. The van der Waals surface area contributed by atoms with Gasteiger partial charge in [0.2, 0.25) is 10.0 Å². The van der Waals surface area contributed by atoms with Gasteiger partial charge in [0.05, 0.1) is 12.7 Å². The lowest BCUT2D eigenvalue weighted by molar-refractivity contribution is -0.137. The highest BCUT2D eigenvalue weighted by Crippen LogP contribution is 2.22.